The summed E-state index contributed by atoms with van der Waals surface area (Å²) in [7, 11) is 0. The number of halogens is 3. The zero-order valence-electron chi connectivity index (χ0n) is 11.0. The van der Waals surface area contributed by atoms with E-state index < -0.39 is 18.2 Å². The van der Waals surface area contributed by atoms with Gasteiger partial charge in [-0.15, -0.1) is 0 Å². The van der Waals surface area contributed by atoms with Crippen LogP contribution in [0, 0.1) is 11.8 Å². The van der Waals surface area contributed by atoms with E-state index in [0.717, 1.165) is 32.6 Å². The van der Waals surface area contributed by atoms with E-state index in [4.69, 9.17) is 4.74 Å². The van der Waals surface area contributed by atoms with Crippen molar-refractivity contribution in [2.45, 2.75) is 38.0 Å². The van der Waals surface area contributed by atoms with Crippen molar-refractivity contribution < 1.29 is 23.0 Å². The molecule has 6 heteroatoms. The Morgan fingerprint density at radius 1 is 1.11 bits per heavy atom. The lowest BCUT2D eigenvalue weighted by atomic mass is 9.90. The summed E-state index contributed by atoms with van der Waals surface area (Å²) >= 11 is 0. The van der Waals surface area contributed by atoms with E-state index in [1.54, 1.807) is 0 Å². The van der Waals surface area contributed by atoms with Crippen LogP contribution in [0.3, 0.4) is 0 Å². The van der Waals surface area contributed by atoms with Crippen molar-refractivity contribution in [2.75, 3.05) is 32.8 Å². The highest BCUT2D eigenvalue weighted by molar-refractivity contribution is 4.82. The average Bonchev–Trinajstić information content (AvgIpc) is 2.39. The molecule has 3 nitrogen and oxygen atoms in total. The molecule has 2 aliphatic heterocycles. The summed E-state index contributed by atoms with van der Waals surface area (Å²) in [4.78, 5) is 2.23. The molecule has 0 amide bonds. The molecule has 0 radical (unpaired) electrons. The Hall–Kier alpha value is -0.330. The van der Waals surface area contributed by atoms with Crippen molar-refractivity contribution in [3.8, 4) is 0 Å². The van der Waals surface area contributed by atoms with E-state index in [0.29, 0.717) is 31.8 Å². The maximum absolute atomic E-state index is 12.4. The Bertz CT molecular complexity index is 272. The first-order chi connectivity index (χ1) is 8.97. The van der Waals surface area contributed by atoms with Gasteiger partial charge in [-0.2, -0.15) is 13.2 Å². The minimum absolute atomic E-state index is 0.434. The van der Waals surface area contributed by atoms with Crippen molar-refractivity contribution in [2.24, 2.45) is 11.8 Å². The van der Waals surface area contributed by atoms with Crippen LogP contribution in [0.4, 0.5) is 13.2 Å². The third kappa shape index (κ3) is 4.33. The van der Waals surface area contributed by atoms with Crippen LogP contribution < -0.4 is 0 Å². The van der Waals surface area contributed by atoms with Crippen molar-refractivity contribution in [3.05, 3.63) is 0 Å². The number of aliphatic hydroxyl groups is 1. The molecule has 19 heavy (non-hydrogen) atoms. The number of piperidine rings is 1. The lowest BCUT2D eigenvalue weighted by molar-refractivity contribution is -0.223. The van der Waals surface area contributed by atoms with Gasteiger partial charge in [-0.05, 0) is 50.6 Å². The quantitative estimate of drug-likeness (QED) is 0.859. The highest BCUT2D eigenvalue weighted by atomic mass is 19.4. The van der Waals surface area contributed by atoms with Crippen molar-refractivity contribution in [1.82, 2.24) is 4.90 Å². The van der Waals surface area contributed by atoms with Gasteiger partial charge >= 0.3 is 6.18 Å². The van der Waals surface area contributed by atoms with Gasteiger partial charge in [-0.1, -0.05) is 0 Å². The molecule has 2 aliphatic rings. The Morgan fingerprint density at radius 2 is 1.68 bits per heavy atom. The number of rotatable bonds is 3. The van der Waals surface area contributed by atoms with Gasteiger partial charge < -0.3 is 14.7 Å². The van der Waals surface area contributed by atoms with Crippen LogP contribution in [0.5, 0.6) is 0 Å². The lowest BCUT2D eigenvalue weighted by Gasteiger charge is -2.37. The molecule has 0 saturated carbocycles. The molecule has 2 rings (SSSR count). The summed E-state index contributed by atoms with van der Waals surface area (Å²) in [6, 6.07) is 0. The first kappa shape index (κ1) is 15.1. The largest absolute Gasteiger partial charge is 0.414 e. The number of hydrogen-bond acceptors (Lipinski definition) is 3. The van der Waals surface area contributed by atoms with Crippen LogP contribution in [0.1, 0.15) is 25.7 Å². The molecule has 0 aromatic rings. The molecule has 0 spiro atoms. The number of aliphatic hydroxyl groups excluding tert-OH is 1. The number of likely N-dealkylation sites (tertiary alicyclic amines) is 1. The molecule has 2 heterocycles. The van der Waals surface area contributed by atoms with Crippen molar-refractivity contribution >= 4 is 0 Å². The van der Waals surface area contributed by atoms with Crippen LogP contribution in [-0.2, 0) is 4.74 Å². The molecular formula is C13H22F3NO2. The smallest absolute Gasteiger partial charge is 0.383 e. The highest BCUT2D eigenvalue weighted by Crippen LogP contribution is 2.32. The topological polar surface area (TPSA) is 32.7 Å². The molecule has 112 valence electrons. The number of ether oxygens (including phenoxy) is 1. The van der Waals surface area contributed by atoms with Gasteiger partial charge in [0, 0.05) is 19.8 Å². The first-order valence-corrected chi connectivity index (χ1v) is 7.01. The second kappa shape index (κ2) is 6.41. The highest BCUT2D eigenvalue weighted by Gasteiger charge is 2.44. The van der Waals surface area contributed by atoms with Gasteiger partial charge in [0.1, 0.15) is 0 Å². The second-order valence-electron chi connectivity index (χ2n) is 5.68. The lowest BCUT2D eigenvalue weighted by Crippen LogP contribution is -2.44. The second-order valence-corrected chi connectivity index (χ2v) is 5.68. The Kier molecular flexibility index (Phi) is 5.09. The van der Waals surface area contributed by atoms with E-state index in [1.165, 1.54) is 0 Å². The fraction of sp³-hybridized carbons (Fsp3) is 1.00. The molecule has 0 aromatic carbocycles. The predicted molar refractivity (Wildman–Crippen MR) is 64.8 cm³/mol. The van der Waals surface area contributed by atoms with Gasteiger partial charge in [0.15, 0.2) is 6.10 Å². The molecule has 1 N–H and O–H groups in total. The van der Waals surface area contributed by atoms with E-state index in [2.05, 4.69) is 4.90 Å². The van der Waals surface area contributed by atoms with Gasteiger partial charge in [-0.25, -0.2) is 0 Å². The Labute approximate surface area is 111 Å². The SMILES string of the molecule is OC(C1CCN(CC2CCOCC2)CC1)C(F)(F)F. The number of nitrogens with zero attached hydrogens (tertiary/aromatic N) is 1. The molecular weight excluding hydrogens is 259 g/mol. The molecule has 1 unspecified atom stereocenters. The summed E-state index contributed by atoms with van der Waals surface area (Å²) in [5, 5.41) is 9.26. The summed E-state index contributed by atoms with van der Waals surface area (Å²) in [5.74, 6) is -0.0243. The summed E-state index contributed by atoms with van der Waals surface area (Å²) in [6.45, 7) is 3.88. The van der Waals surface area contributed by atoms with Gasteiger partial charge in [0.05, 0.1) is 0 Å². The summed E-state index contributed by atoms with van der Waals surface area (Å²) in [6.07, 6.45) is -3.67. The van der Waals surface area contributed by atoms with Crippen LogP contribution >= 0.6 is 0 Å². The van der Waals surface area contributed by atoms with Gasteiger partial charge in [0.25, 0.3) is 0 Å². The van der Waals surface area contributed by atoms with Crippen LogP contribution in [0.15, 0.2) is 0 Å². The summed E-state index contributed by atoms with van der Waals surface area (Å²) < 4.78 is 42.6. The van der Waals surface area contributed by atoms with Crippen LogP contribution in [0.25, 0.3) is 0 Å². The van der Waals surface area contributed by atoms with Crippen molar-refractivity contribution in [3.63, 3.8) is 0 Å². The summed E-state index contributed by atoms with van der Waals surface area (Å²) in [5.41, 5.74) is 0. The fourth-order valence-corrected chi connectivity index (χ4v) is 3.01. The molecule has 1 atom stereocenters. The zero-order valence-corrected chi connectivity index (χ0v) is 11.0. The van der Waals surface area contributed by atoms with Crippen LogP contribution in [-0.4, -0.2) is 55.1 Å². The van der Waals surface area contributed by atoms with Gasteiger partial charge in [-0.3, -0.25) is 0 Å². The Balaban J connectivity index is 1.73. The standard InChI is InChI=1S/C13H22F3NO2/c14-13(15,16)12(18)11-1-5-17(6-2-11)9-10-3-7-19-8-4-10/h10-12,18H,1-9H2. The number of alkyl halides is 3. The van der Waals surface area contributed by atoms with Crippen LogP contribution in [0.2, 0.25) is 0 Å². The third-order valence-electron chi connectivity index (χ3n) is 4.27. The minimum Gasteiger partial charge on any atom is -0.383 e. The van der Waals surface area contributed by atoms with Crippen molar-refractivity contribution in [1.29, 1.82) is 0 Å². The third-order valence-corrected chi connectivity index (χ3v) is 4.27. The average molecular weight is 281 g/mol. The monoisotopic (exact) mass is 281 g/mol. The molecule has 0 aromatic heterocycles. The van der Waals surface area contributed by atoms with E-state index in [1.807, 2.05) is 0 Å². The zero-order chi connectivity index (χ0) is 13.9. The predicted octanol–water partition coefficient (Wildman–Crippen LogP) is 2.05. The minimum atomic E-state index is -4.48. The maximum Gasteiger partial charge on any atom is 0.414 e. The first-order valence-electron chi connectivity index (χ1n) is 7.01. The maximum atomic E-state index is 12.4. The van der Waals surface area contributed by atoms with E-state index >= 15 is 0 Å². The molecule has 2 fully saturated rings. The Morgan fingerprint density at radius 3 is 2.21 bits per heavy atom. The van der Waals surface area contributed by atoms with E-state index in [-0.39, 0.29) is 0 Å². The van der Waals surface area contributed by atoms with Gasteiger partial charge in [0.2, 0.25) is 0 Å². The molecule has 0 aliphatic carbocycles. The fourth-order valence-electron chi connectivity index (χ4n) is 3.01. The molecule has 0 bridgehead atoms. The van der Waals surface area contributed by atoms with E-state index in [9.17, 15) is 18.3 Å². The molecule has 2 saturated heterocycles. The normalized spacial score (nSPS) is 26.5. The number of hydrogen-bond donors (Lipinski definition) is 1.